The third kappa shape index (κ3) is 8.86. The molecule has 0 fully saturated rings. The summed E-state index contributed by atoms with van der Waals surface area (Å²) in [5.74, 6) is 2.41. The average Bonchev–Trinajstić information content (AvgIpc) is 3.94. The number of pyridine rings is 1. The lowest BCUT2D eigenvalue weighted by atomic mass is 9.78. The van der Waals surface area contributed by atoms with Crippen LogP contribution in [0.15, 0.2) is 206 Å². The molecule has 0 unspecified atom stereocenters. The molecule has 3 heterocycles. The van der Waals surface area contributed by atoms with Gasteiger partial charge in [0.1, 0.15) is 24.0 Å². The van der Waals surface area contributed by atoms with Crippen LogP contribution in [0.3, 0.4) is 0 Å². The molecule has 1 aliphatic heterocycles. The summed E-state index contributed by atoms with van der Waals surface area (Å²) >= 11 is 0. The van der Waals surface area contributed by atoms with E-state index in [9.17, 15) is 0 Å². The number of fused-ring (bicyclic) bond motifs is 4. The molecule has 10 aromatic rings. The van der Waals surface area contributed by atoms with Crippen LogP contribution in [0.2, 0.25) is 0 Å². The van der Waals surface area contributed by atoms with Gasteiger partial charge in [-0.3, -0.25) is 4.57 Å². The predicted molar refractivity (Wildman–Crippen MR) is 307 cm³/mol. The molecular formula is C68H66N4O. The highest BCUT2D eigenvalue weighted by Crippen LogP contribution is 2.49. The van der Waals surface area contributed by atoms with E-state index in [4.69, 9.17) is 9.72 Å². The maximum absolute atomic E-state index is 6.94. The number of benzene rings is 8. The van der Waals surface area contributed by atoms with E-state index in [0.717, 1.165) is 45.1 Å². The normalized spacial score (nSPS) is 13.2. The van der Waals surface area contributed by atoms with Gasteiger partial charge in [0.05, 0.1) is 22.4 Å². The number of nitrogens with zero attached hydrogens (tertiary/aromatic N) is 4. The molecule has 5 nitrogen and oxygen atoms in total. The smallest absolute Gasteiger partial charge is 0.137 e. The second kappa shape index (κ2) is 18.0. The fraction of sp³-hybridized carbons (Fsp3) is 0.221. The van der Waals surface area contributed by atoms with Crippen LogP contribution in [0.4, 0.5) is 22.7 Å². The third-order valence-corrected chi connectivity index (χ3v) is 15.4. The van der Waals surface area contributed by atoms with Crippen LogP contribution in [-0.2, 0) is 21.7 Å². The quantitative estimate of drug-likeness (QED) is 0.137. The monoisotopic (exact) mass is 955 g/mol. The van der Waals surface area contributed by atoms with Crippen LogP contribution in [0.5, 0.6) is 11.5 Å². The Hall–Kier alpha value is -7.89. The summed E-state index contributed by atoms with van der Waals surface area (Å²) < 4.78 is 9.25. The minimum Gasteiger partial charge on any atom is -0.457 e. The Morgan fingerprint density at radius 1 is 0.384 bits per heavy atom. The van der Waals surface area contributed by atoms with Gasteiger partial charge >= 0.3 is 0 Å². The highest BCUT2D eigenvalue weighted by Gasteiger charge is 2.33. The van der Waals surface area contributed by atoms with Crippen LogP contribution in [0.1, 0.15) is 103 Å². The van der Waals surface area contributed by atoms with E-state index in [1.54, 1.807) is 0 Å². The predicted octanol–water partition coefficient (Wildman–Crippen LogP) is 18.1. The molecule has 0 amide bonds. The summed E-state index contributed by atoms with van der Waals surface area (Å²) in [5, 5.41) is 2.34. The third-order valence-electron chi connectivity index (χ3n) is 15.4. The first-order chi connectivity index (χ1) is 34.9. The summed E-state index contributed by atoms with van der Waals surface area (Å²) in [6.45, 7) is 23.6. The van der Waals surface area contributed by atoms with E-state index in [2.05, 4.69) is 284 Å². The molecule has 0 bridgehead atoms. The summed E-state index contributed by atoms with van der Waals surface area (Å²) in [6.07, 6.45) is 1.94. The zero-order valence-electron chi connectivity index (χ0n) is 44.0. The number of rotatable bonds is 10. The van der Waals surface area contributed by atoms with E-state index in [1.165, 1.54) is 61.3 Å². The zero-order chi connectivity index (χ0) is 50.9. The van der Waals surface area contributed by atoms with Crippen LogP contribution in [0.25, 0.3) is 38.8 Å². The summed E-state index contributed by atoms with van der Waals surface area (Å²) in [6, 6.07) is 73.0. The summed E-state index contributed by atoms with van der Waals surface area (Å²) in [4.78, 5) is 9.94. The largest absolute Gasteiger partial charge is 0.457 e. The van der Waals surface area contributed by atoms with E-state index in [0.29, 0.717) is 6.67 Å². The SMILES string of the molecule is CC(C)(C)c1cc(-c2ccccc2)cc(N2CN(c3cccc(Oc4ccc5c6cc(C(C)(C)c7ccccc7)ccc6n(-c6cc(C(C)(C)C)ccn6)c5c4)c3)c3ccc(C(C)(C)c4ccccc4)cc32)c1. The molecule has 5 heteroatoms. The minimum atomic E-state index is -0.217. The lowest BCUT2D eigenvalue weighted by Gasteiger charge is -2.28. The average molecular weight is 955 g/mol. The van der Waals surface area contributed by atoms with E-state index >= 15 is 0 Å². The first kappa shape index (κ1) is 47.4. The van der Waals surface area contributed by atoms with Gasteiger partial charge in [0.15, 0.2) is 0 Å². The topological polar surface area (TPSA) is 33.5 Å². The van der Waals surface area contributed by atoms with Gasteiger partial charge < -0.3 is 14.5 Å². The van der Waals surface area contributed by atoms with Crippen LogP contribution in [-0.4, -0.2) is 16.2 Å². The summed E-state index contributed by atoms with van der Waals surface area (Å²) in [7, 11) is 0. The van der Waals surface area contributed by atoms with Gasteiger partial charge in [-0.1, -0.05) is 184 Å². The van der Waals surface area contributed by atoms with Gasteiger partial charge in [-0.15, -0.1) is 0 Å². The number of hydrogen-bond donors (Lipinski definition) is 0. The Balaban J connectivity index is 1.00. The maximum atomic E-state index is 6.94. The highest BCUT2D eigenvalue weighted by atomic mass is 16.5. The molecule has 11 rings (SSSR count). The molecule has 364 valence electrons. The molecule has 73 heavy (non-hydrogen) atoms. The lowest BCUT2D eigenvalue weighted by molar-refractivity contribution is 0.483. The molecule has 0 saturated carbocycles. The van der Waals surface area contributed by atoms with Crippen molar-refractivity contribution in [2.75, 3.05) is 16.5 Å². The van der Waals surface area contributed by atoms with Gasteiger partial charge in [-0.2, -0.15) is 0 Å². The van der Waals surface area contributed by atoms with Crippen molar-refractivity contribution in [3.05, 3.63) is 240 Å². The van der Waals surface area contributed by atoms with Gasteiger partial charge in [0, 0.05) is 51.3 Å². The second-order valence-electron chi connectivity index (χ2n) is 23.1. The number of aromatic nitrogens is 2. The second-order valence-corrected chi connectivity index (χ2v) is 23.1. The fourth-order valence-corrected chi connectivity index (χ4v) is 10.7. The van der Waals surface area contributed by atoms with E-state index < -0.39 is 0 Å². The summed E-state index contributed by atoms with van der Waals surface area (Å²) in [5.41, 5.74) is 16.2. The molecular weight excluding hydrogens is 889 g/mol. The van der Waals surface area contributed by atoms with Crippen molar-refractivity contribution in [3.8, 4) is 28.4 Å². The van der Waals surface area contributed by atoms with Crippen molar-refractivity contribution in [1.82, 2.24) is 9.55 Å². The lowest BCUT2D eigenvalue weighted by Crippen LogP contribution is -2.24. The Morgan fingerprint density at radius 2 is 1.00 bits per heavy atom. The van der Waals surface area contributed by atoms with Crippen LogP contribution < -0.4 is 14.5 Å². The van der Waals surface area contributed by atoms with Crippen LogP contribution in [0, 0.1) is 0 Å². The standard InChI is InChI=1S/C68H66N4O/c1-65(2,3)50-35-36-69-64(42-50)72-60-33-29-51(67(7,8)48-23-16-12-17-24-48)40-59(60)58-32-31-57(44-62(58)72)73-56-28-20-27-54(43-56)70-45-71(55-38-47(46-21-14-11-15-22-46)37-53(39-55)66(4,5)6)63-41-52(30-34-61(63)70)68(9,10)49-25-18-13-19-26-49/h11-44H,45H2,1-10H3. The molecule has 0 aliphatic carbocycles. The number of anilines is 4. The van der Waals surface area contributed by atoms with Gasteiger partial charge in [0.25, 0.3) is 0 Å². The van der Waals surface area contributed by atoms with Crippen molar-refractivity contribution >= 4 is 44.6 Å². The minimum absolute atomic E-state index is 0.0435. The van der Waals surface area contributed by atoms with Crippen molar-refractivity contribution in [2.24, 2.45) is 0 Å². The molecule has 0 N–H and O–H groups in total. The Kier molecular flexibility index (Phi) is 11.7. The zero-order valence-corrected chi connectivity index (χ0v) is 44.0. The number of hydrogen-bond acceptors (Lipinski definition) is 4. The van der Waals surface area contributed by atoms with E-state index in [1.807, 2.05) is 6.20 Å². The maximum Gasteiger partial charge on any atom is 0.137 e. The van der Waals surface area contributed by atoms with Crippen molar-refractivity contribution in [2.45, 2.75) is 90.9 Å². The molecule has 0 atom stereocenters. The fourth-order valence-electron chi connectivity index (χ4n) is 10.7. The van der Waals surface area contributed by atoms with Gasteiger partial charge in [0.2, 0.25) is 0 Å². The first-order valence-electron chi connectivity index (χ1n) is 25.8. The van der Waals surface area contributed by atoms with E-state index in [-0.39, 0.29) is 21.7 Å². The Morgan fingerprint density at radius 3 is 1.67 bits per heavy atom. The Labute approximate surface area is 432 Å². The van der Waals surface area contributed by atoms with Crippen molar-refractivity contribution in [1.29, 1.82) is 0 Å². The Bertz CT molecular complexity index is 3650. The molecule has 0 saturated heterocycles. The van der Waals surface area contributed by atoms with Crippen LogP contribution >= 0.6 is 0 Å². The van der Waals surface area contributed by atoms with Crippen molar-refractivity contribution in [3.63, 3.8) is 0 Å². The molecule has 1 aliphatic rings. The number of ether oxygens (including phenoxy) is 1. The van der Waals surface area contributed by atoms with Gasteiger partial charge in [-0.25, -0.2) is 4.98 Å². The van der Waals surface area contributed by atoms with Gasteiger partial charge in [-0.05, 0) is 128 Å². The molecule has 2 aromatic heterocycles. The molecule has 8 aromatic carbocycles. The highest BCUT2D eigenvalue weighted by molar-refractivity contribution is 6.10. The molecule has 0 radical (unpaired) electrons. The van der Waals surface area contributed by atoms with Crippen molar-refractivity contribution < 1.29 is 4.74 Å². The molecule has 0 spiro atoms. The first-order valence-corrected chi connectivity index (χ1v) is 25.8.